The van der Waals surface area contributed by atoms with Gasteiger partial charge in [-0.3, -0.25) is 14.4 Å². The van der Waals surface area contributed by atoms with Crippen molar-refractivity contribution in [1.82, 2.24) is 10.3 Å². The zero-order valence-corrected chi connectivity index (χ0v) is 20.8. The fourth-order valence-electron chi connectivity index (χ4n) is 3.17. The van der Waals surface area contributed by atoms with Gasteiger partial charge in [-0.2, -0.15) is 8.78 Å². The maximum absolute atomic E-state index is 14.1. The Kier molecular flexibility index (Phi) is 9.08. The quantitative estimate of drug-likeness (QED) is 0.242. The average Bonchev–Trinajstić information content (AvgIpc) is 3.24. The van der Waals surface area contributed by atoms with Gasteiger partial charge >= 0.3 is 6.61 Å². The molecule has 0 aliphatic carbocycles. The van der Waals surface area contributed by atoms with Gasteiger partial charge in [0.2, 0.25) is 11.7 Å². The van der Waals surface area contributed by atoms with Crippen molar-refractivity contribution in [3.8, 4) is 0 Å². The number of aromatic nitrogens is 1. The van der Waals surface area contributed by atoms with Crippen LogP contribution in [0.1, 0.15) is 32.5 Å². The first kappa shape index (κ1) is 27.9. The van der Waals surface area contributed by atoms with Gasteiger partial charge in [-0.05, 0) is 37.3 Å². The summed E-state index contributed by atoms with van der Waals surface area (Å²) < 4.78 is 42.2. The first-order valence-electron chi connectivity index (χ1n) is 10.6. The third-order valence-electron chi connectivity index (χ3n) is 5.08. The fourth-order valence-corrected chi connectivity index (χ4v) is 4.33. The molecule has 0 fully saturated rings. The van der Waals surface area contributed by atoms with Gasteiger partial charge in [0.15, 0.2) is 5.13 Å². The molecule has 196 valence electrons. The summed E-state index contributed by atoms with van der Waals surface area (Å²) in [7, 11) is 0. The van der Waals surface area contributed by atoms with Crippen molar-refractivity contribution < 1.29 is 32.3 Å². The molecule has 0 aliphatic heterocycles. The Morgan fingerprint density at radius 3 is 2.41 bits per heavy atom. The highest BCUT2D eigenvalue weighted by Crippen LogP contribution is 2.36. The van der Waals surface area contributed by atoms with Crippen molar-refractivity contribution in [2.75, 3.05) is 23.8 Å². The number of ether oxygens (including phenoxy) is 1. The van der Waals surface area contributed by atoms with E-state index < -0.39 is 36.1 Å². The average molecular weight is 556 g/mol. The van der Waals surface area contributed by atoms with Gasteiger partial charge in [-0.15, -0.1) is 0 Å². The topological polar surface area (TPSA) is 141 Å². The lowest BCUT2D eigenvalue weighted by atomic mass is 10.1. The van der Waals surface area contributed by atoms with Gasteiger partial charge < -0.3 is 26.4 Å². The summed E-state index contributed by atoms with van der Waals surface area (Å²) in [6.45, 7) is -1.93. The van der Waals surface area contributed by atoms with Crippen LogP contribution in [0.15, 0.2) is 42.5 Å². The number of rotatable bonds is 11. The second-order valence-corrected chi connectivity index (χ2v) is 8.94. The van der Waals surface area contributed by atoms with Gasteiger partial charge in [0.1, 0.15) is 22.6 Å². The number of nitrogens with two attached hydrogens (primary N) is 2. The highest BCUT2D eigenvalue weighted by atomic mass is 35.5. The van der Waals surface area contributed by atoms with Crippen LogP contribution in [-0.2, 0) is 9.53 Å². The van der Waals surface area contributed by atoms with E-state index >= 15 is 0 Å². The maximum atomic E-state index is 14.1. The van der Waals surface area contributed by atoms with Crippen molar-refractivity contribution >= 4 is 57.2 Å². The van der Waals surface area contributed by atoms with E-state index in [-0.39, 0.29) is 50.8 Å². The first-order chi connectivity index (χ1) is 17.5. The molecule has 1 aromatic heterocycles. The lowest BCUT2D eigenvalue weighted by Crippen LogP contribution is -2.40. The number of anilines is 3. The number of halogens is 4. The summed E-state index contributed by atoms with van der Waals surface area (Å²) in [5.74, 6) is -2.63. The molecule has 0 spiro atoms. The Morgan fingerprint density at radius 1 is 1.16 bits per heavy atom. The molecule has 0 aliphatic rings. The molecule has 9 nitrogen and oxygen atoms in total. The number of thiazole rings is 1. The monoisotopic (exact) mass is 555 g/mol. The lowest BCUT2D eigenvalue weighted by molar-refractivity contribution is -0.127. The number of amides is 2. The Bertz CT molecular complexity index is 1310. The molecule has 1 heterocycles. The van der Waals surface area contributed by atoms with E-state index in [4.69, 9.17) is 23.1 Å². The Labute approximate surface area is 218 Å². The Balaban J connectivity index is 1.83. The molecule has 0 unspecified atom stereocenters. The molecule has 3 aromatic rings. The van der Waals surface area contributed by atoms with Crippen molar-refractivity contribution in [1.29, 1.82) is 0 Å². The molecule has 3 rings (SSSR count). The summed E-state index contributed by atoms with van der Waals surface area (Å²) in [5, 5.41) is 2.41. The standard InChI is InChI=1S/C23H21ClF3N5O4S/c1-11(20(29)34)32(14-6-7-15(24)16(25)10-14)23-31-19(28)18(37-23)17(33)12-2-4-13(5-3-12)21(35)30-8-9-36-22(26)27/h2-7,10-11,22H,8-9,28H2,1H3,(H2,29,34)(H,30,35)/t11-/m1/s1. The van der Waals surface area contributed by atoms with Crippen molar-refractivity contribution in [2.45, 2.75) is 19.6 Å². The molecule has 37 heavy (non-hydrogen) atoms. The predicted octanol–water partition coefficient (Wildman–Crippen LogP) is 3.73. The maximum Gasteiger partial charge on any atom is 0.345 e. The van der Waals surface area contributed by atoms with Crippen LogP contribution in [0.3, 0.4) is 0 Å². The Morgan fingerprint density at radius 2 is 1.81 bits per heavy atom. The molecule has 0 radical (unpaired) electrons. The number of nitrogens with zero attached hydrogens (tertiary/aromatic N) is 2. The molecule has 14 heteroatoms. The minimum atomic E-state index is -2.93. The van der Waals surface area contributed by atoms with Gasteiger partial charge in [0.05, 0.1) is 11.6 Å². The molecule has 2 amide bonds. The lowest BCUT2D eigenvalue weighted by Gasteiger charge is -2.26. The van der Waals surface area contributed by atoms with Crippen molar-refractivity contribution in [2.24, 2.45) is 5.73 Å². The number of nitrogen functional groups attached to an aromatic ring is 1. The number of nitrogens with one attached hydrogen (secondary N) is 1. The smallest absolute Gasteiger partial charge is 0.345 e. The largest absolute Gasteiger partial charge is 0.382 e. The van der Waals surface area contributed by atoms with Gasteiger partial charge in [-0.1, -0.05) is 35.1 Å². The van der Waals surface area contributed by atoms with Crippen LogP contribution >= 0.6 is 22.9 Å². The summed E-state index contributed by atoms with van der Waals surface area (Å²) in [6.07, 6.45) is 0. The summed E-state index contributed by atoms with van der Waals surface area (Å²) in [5.41, 5.74) is 12.1. The number of alkyl halides is 2. The van der Waals surface area contributed by atoms with Crippen molar-refractivity contribution in [3.05, 3.63) is 69.3 Å². The zero-order chi connectivity index (χ0) is 27.3. The van der Waals surface area contributed by atoms with Crippen LogP contribution in [-0.4, -0.2) is 48.4 Å². The number of primary amides is 1. The third kappa shape index (κ3) is 6.76. The van der Waals surface area contributed by atoms with Crippen LogP contribution in [0.2, 0.25) is 5.02 Å². The summed E-state index contributed by atoms with van der Waals surface area (Å²) >= 11 is 6.64. The number of hydrogen-bond acceptors (Lipinski definition) is 8. The molecule has 0 bridgehead atoms. The predicted molar refractivity (Wildman–Crippen MR) is 133 cm³/mol. The van der Waals surface area contributed by atoms with Crippen LogP contribution in [0.25, 0.3) is 0 Å². The molecule has 5 N–H and O–H groups in total. The zero-order valence-electron chi connectivity index (χ0n) is 19.2. The minimum Gasteiger partial charge on any atom is -0.382 e. The van der Waals surface area contributed by atoms with Crippen LogP contribution < -0.4 is 21.7 Å². The van der Waals surface area contributed by atoms with E-state index in [0.717, 1.165) is 17.4 Å². The second-order valence-electron chi connectivity index (χ2n) is 7.55. The first-order valence-corrected chi connectivity index (χ1v) is 11.8. The highest BCUT2D eigenvalue weighted by Gasteiger charge is 2.28. The third-order valence-corrected chi connectivity index (χ3v) is 6.45. The highest BCUT2D eigenvalue weighted by molar-refractivity contribution is 7.18. The summed E-state index contributed by atoms with van der Waals surface area (Å²) in [4.78, 5) is 42.8. The summed E-state index contributed by atoms with van der Waals surface area (Å²) in [6, 6.07) is 8.45. The van der Waals surface area contributed by atoms with E-state index in [1.807, 2.05) is 0 Å². The number of hydrogen-bond donors (Lipinski definition) is 3. The van der Waals surface area contributed by atoms with Crippen molar-refractivity contribution in [3.63, 3.8) is 0 Å². The molecule has 0 saturated heterocycles. The Hall–Kier alpha value is -3.68. The van der Waals surface area contributed by atoms with Gasteiger partial charge in [0, 0.05) is 23.4 Å². The van der Waals surface area contributed by atoms with Gasteiger partial charge in [-0.25, -0.2) is 9.37 Å². The number of benzene rings is 2. The normalized spacial score (nSPS) is 11.8. The number of carbonyl (C=O) groups is 3. The SMILES string of the molecule is C[C@H](C(N)=O)N(c1ccc(Cl)c(F)c1)c1nc(N)c(C(=O)c2ccc(C(=O)NCCOC(F)F)cc2)s1. The second kappa shape index (κ2) is 12.0. The van der Waals surface area contributed by atoms with Crippen LogP contribution in [0.5, 0.6) is 0 Å². The molecule has 0 saturated carbocycles. The van der Waals surface area contributed by atoms with E-state index in [9.17, 15) is 27.6 Å². The van der Waals surface area contributed by atoms with Gasteiger partial charge in [0.25, 0.3) is 5.91 Å². The molecular formula is C23H21ClF3N5O4S. The van der Waals surface area contributed by atoms with E-state index in [0.29, 0.717) is 0 Å². The number of carbonyl (C=O) groups excluding carboxylic acids is 3. The number of ketones is 1. The van der Waals surface area contributed by atoms with Crippen LogP contribution in [0, 0.1) is 5.82 Å². The minimum absolute atomic E-state index is 0.0486. The van der Waals surface area contributed by atoms with E-state index in [1.165, 1.54) is 48.2 Å². The van der Waals surface area contributed by atoms with E-state index in [1.54, 1.807) is 0 Å². The fraction of sp³-hybridized carbons (Fsp3) is 0.217. The van der Waals surface area contributed by atoms with Crippen LogP contribution in [0.4, 0.5) is 29.8 Å². The molecular weight excluding hydrogens is 535 g/mol. The molecule has 2 aromatic carbocycles. The van der Waals surface area contributed by atoms with E-state index in [2.05, 4.69) is 15.0 Å². The molecule has 1 atom stereocenters.